The van der Waals surface area contributed by atoms with Gasteiger partial charge in [-0.15, -0.1) is 0 Å². The van der Waals surface area contributed by atoms with E-state index >= 15 is 0 Å². The Bertz CT molecular complexity index is 810. The van der Waals surface area contributed by atoms with Crippen molar-refractivity contribution in [2.45, 2.75) is 20.5 Å². The summed E-state index contributed by atoms with van der Waals surface area (Å²) in [6, 6.07) is 11.2. The normalized spacial score (nSPS) is 10.4. The Morgan fingerprint density at radius 3 is 2.48 bits per heavy atom. The average molecular weight is 379 g/mol. The van der Waals surface area contributed by atoms with Crippen LogP contribution in [0.2, 0.25) is 0 Å². The van der Waals surface area contributed by atoms with E-state index in [0.717, 1.165) is 11.1 Å². The van der Waals surface area contributed by atoms with Crippen LogP contribution in [0.4, 0.5) is 14.5 Å². The molecule has 0 aliphatic carbocycles. The first-order valence-electron chi connectivity index (χ1n) is 8.04. The summed E-state index contributed by atoms with van der Waals surface area (Å²) in [6.07, 6.45) is 0. The van der Waals surface area contributed by atoms with E-state index in [1.807, 2.05) is 26.0 Å². The minimum atomic E-state index is -3.02. The molecule has 1 amide bonds. The van der Waals surface area contributed by atoms with Crippen LogP contribution < -0.4 is 14.8 Å². The number of aryl methyl sites for hydroxylation is 2. The van der Waals surface area contributed by atoms with Crippen molar-refractivity contribution in [2.75, 3.05) is 18.5 Å². The topological polar surface area (TPSA) is 73.9 Å². The van der Waals surface area contributed by atoms with E-state index in [1.165, 1.54) is 24.3 Å². The van der Waals surface area contributed by atoms with Crippen LogP contribution in [0.15, 0.2) is 42.5 Å². The fourth-order valence-corrected chi connectivity index (χ4v) is 2.24. The van der Waals surface area contributed by atoms with Crippen molar-refractivity contribution in [2.24, 2.45) is 0 Å². The number of alkyl halides is 2. The van der Waals surface area contributed by atoms with E-state index < -0.39 is 25.1 Å². The molecule has 0 saturated carbocycles. The molecule has 0 radical (unpaired) electrons. The zero-order valence-corrected chi connectivity index (χ0v) is 14.8. The summed E-state index contributed by atoms with van der Waals surface area (Å²) in [4.78, 5) is 23.6. The first-order valence-corrected chi connectivity index (χ1v) is 8.04. The van der Waals surface area contributed by atoms with Gasteiger partial charge >= 0.3 is 12.6 Å². The highest BCUT2D eigenvalue weighted by Gasteiger charge is 2.13. The highest BCUT2D eigenvalue weighted by atomic mass is 19.3. The molecule has 0 fully saturated rings. The number of benzene rings is 2. The van der Waals surface area contributed by atoms with Gasteiger partial charge in [0, 0.05) is 0 Å². The van der Waals surface area contributed by atoms with Gasteiger partial charge in [0.05, 0.1) is 5.69 Å². The molecule has 144 valence electrons. The predicted molar refractivity (Wildman–Crippen MR) is 94.1 cm³/mol. The molecular formula is C19H19F2NO5. The summed E-state index contributed by atoms with van der Waals surface area (Å²) >= 11 is 0. The van der Waals surface area contributed by atoms with Crippen LogP contribution in [-0.2, 0) is 14.3 Å². The molecule has 1 N–H and O–H groups in total. The maximum absolute atomic E-state index is 12.3. The fraction of sp³-hybridized carbons (Fsp3) is 0.263. The van der Waals surface area contributed by atoms with Crippen molar-refractivity contribution in [3.63, 3.8) is 0 Å². The monoisotopic (exact) mass is 379 g/mol. The number of para-hydroxylation sites is 2. The number of ether oxygens (including phenoxy) is 3. The maximum Gasteiger partial charge on any atom is 0.387 e. The van der Waals surface area contributed by atoms with Crippen LogP contribution in [0.25, 0.3) is 0 Å². The molecule has 0 unspecified atom stereocenters. The predicted octanol–water partition coefficient (Wildman–Crippen LogP) is 3.47. The number of anilines is 1. The van der Waals surface area contributed by atoms with Crippen molar-refractivity contribution in [3.05, 3.63) is 53.6 Å². The number of hydrogen-bond acceptors (Lipinski definition) is 5. The van der Waals surface area contributed by atoms with E-state index in [1.54, 1.807) is 6.07 Å². The molecule has 0 bridgehead atoms. The van der Waals surface area contributed by atoms with E-state index in [-0.39, 0.29) is 18.0 Å². The first kappa shape index (κ1) is 20.2. The van der Waals surface area contributed by atoms with Crippen LogP contribution >= 0.6 is 0 Å². The zero-order valence-electron chi connectivity index (χ0n) is 14.8. The third kappa shape index (κ3) is 6.58. The molecule has 2 rings (SSSR count). The SMILES string of the molecule is Cc1ccc(OCC(=O)OCC(=O)Nc2ccccc2OC(F)F)c(C)c1. The Hall–Kier alpha value is -3.16. The summed E-state index contributed by atoms with van der Waals surface area (Å²) in [6.45, 7) is -0.183. The van der Waals surface area contributed by atoms with Gasteiger partial charge in [-0.1, -0.05) is 29.8 Å². The molecule has 0 saturated heterocycles. The van der Waals surface area contributed by atoms with Gasteiger partial charge in [0.2, 0.25) is 0 Å². The van der Waals surface area contributed by atoms with Crippen molar-refractivity contribution >= 4 is 17.6 Å². The van der Waals surface area contributed by atoms with Gasteiger partial charge in [0.25, 0.3) is 5.91 Å². The highest BCUT2D eigenvalue weighted by molar-refractivity contribution is 5.94. The first-order chi connectivity index (χ1) is 12.8. The molecule has 0 heterocycles. The average Bonchev–Trinajstić information content (AvgIpc) is 2.60. The van der Waals surface area contributed by atoms with Crippen molar-refractivity contribution in [3.8, 4) is 11.5 Å². The van der Waals surface area contributed by atoms with Crippen molar-refractivity contribution in [1.29, 1.82) is 0 Å². The van der Waals surface area contributed by atoms with Gasteiger partial charge in [-0.25, -0.2) is 4.79 Å². The number of amides is 1. The minimum absolute atomic E-state index is 0.0466. The van der Waals surface area contributed by atoms with Crippen LogP contribution in [0.5, 0.6) is 11.5 Å². The van der Waals surface area contributed by atoms with Gasteiger partial charge < -0.3 is 19.5 Å². The van der Waals surface area contributed by atoms with E-state index in [4.69, 9.17) is 9.47 Å². The third-order valence-corrected chi connectivity index (χ3v) is 3.42. The van der Waals surface area contributed by atoms with Crippen LogP contribution in [0, 0.1) is 13.8 Å². The Morgan fingerprint density at radius 2 is 1.78 bits per heavy atom. The van der Waals surface area contributed by atoms with Gasteiger partial charge in [-0.05, 0) is 37.6 Å². The number of nitrogens with one attached hydrogen (secondary N) is 1. The molecule has 27 heavy (non-hydrogen) atoms. The standard InChI is InChI=1S/C19H19F2NO5/c1-12-7-8-15(13(2)9-12)25-11-18(24)26-10-17(23)22-14-5-3-4-6-16(14)27-19(20)21/h3-9,19H,10-11H2,1-2H3,(H,22,23). The largest absolute Gasteiger partial charge is 0.482 e. The Labute approximate surface area is 155 Å². The smallest absolute Gasteiger partial charge is 0.387 e. The number of carbonyl (C=O) groups is 2. The summed E-state index contributed by atoms with van der Waals surface area (Å²) in [5, 5.41) is 2.35. The van der Waals surface area contributed by atoms with Crippen LogP contribution in [0.3, 0.4) is 0 Å². The second kappa shape index (κ2) is 9.51. The summed E-state index contributed by atoms with van der Waals surface area (Å²) in [5.74, 6) is -1.08. The Morgan fingerprint density at radius 1 is 1.04 bits per heavy atom. The fourth-order valence-electron chi connectivity index (χ4n) is 2.24. The quantitative estimate of drug-likeness (QED) is 0.711. The summed E-state index contributed by atoms with van der Waals surface area (Å²) in [7, 11) is 0. The van der Waals surface area contributed by atoms with Crippen LogP contribution in [-0.4, -0.2) is 31.7 Å². The van der Waals surface area contributed by atoms with Gasteiger partial charge in [-0.2, -0.15) is 8.78 Å². The molecular weight excluding hydrogens is 360 g/mol. The second-order valence-electron chi connectivity index (χ2n) is 5.64. The third-order valence-electron chi connectivity index (χ3n) is 3.42. The van der Waals surface area contributed by atoms with Crippen molar-refractivity contribution < 1.29 is 32.6 Å². The number of halogens is 2. The summed E-state index contributed by atoms with van der Waals surface area (Å²) < 4.78 is 39.2. The van der Waals surface area contributed by atoms with Gasteiger partial charge in [0.1, 0.15) is 11.5 Å². The number of hydrogen-bond donors (Lipinski definition) is 1. The number of carbonyl (C=O) groups excluding carboxylic acids is 2. The molecule has 0 aromatic heterocycles. The lowest BCUT2D eigenvalue weighted by Crippen LogP contribution is -2.24. The van der Waals surface area contributed by atoms with E-state index in [9.17, 15) is 18.4 Å². The molecule has 2 aromatic carbocycles. The molecule has 0 aliphatic rings. The Balaban J connectivity index is 1.81. The minimum Gasteiger partial charge on any atom is -0.482 e. The summed E-state index contributed by atoms with van der Waals surface area (Å²) in [5.41, 5.74) is 1.98. The maximum atomic E-state index is 12.3. The van der Waals surface area contributed by atoms with Gasteiger partial charge in [-0.3, -0.25) is 4.79 Å². The molecule has 0 atom stereocenters. The highest BCUT2D eigenvalue weighted by Crippen LogP contribution is 2.25. The lowest BCUT2D eigenvalue weighted by Gasteiger charge is -2.12. The molecule has 2 aromatic rings. The molecule has 0 spiro atoms. The molecule has 8 heteroatoms. The van der Waals surface area contributed by atoms with Crippen molar-refractivity contribution in [1.82, 2.24) is 0 Å². The zero-order chi connectivity index (χ0) is 19.8. The van der Waals surface area contributed by atoms with Crippen LogP contribution in [0.1, 0.15) is 11.1 Å². The Kier molecular flexibility index (Phi) is 7.10. The molecule has 6 nitrogen and oxygen atoms in total. The van der Waals surface area contributed by atoms with E-state index in [2.05, 4.69) is 10.1 Å². The number of rotatable bonds is 8. The van der Waals surface area contributed by atoms with E-state index in [0.29, 0.717) is 5.75 Å². The lowest BCUT2D eigenvalue weighted by molar-refractivity contribution is -0.149. The number of esters is 1. The second-order valence-corrected chi connectivity index (χ2v) is 5.64. The van der Waals surface area contributed by atoms with Gasteiger partial charge in [0.15, 0.2) is 13.2 Å². The molecule has 0 aliphatic heterocycles. The lowest BCUT2D eigenvalue weighted by atomic mass is 10.1.